The number of carbonyl (C=O) groups is 2. The molecule has 0 aliphatic rings. The summed E-state index contributed by atoms with van der Waals surface area (Å²) in [6, 6.07) is 9.60. The van der Waals surface area contributed by atoms with Gasteiger partial charge in [0.25, 0.3) is 5.91 Å². The third kappa shape index (κ3) is 4.88. The number of anilines is 1. The van der Waals surface area contributed by atoms with Crippen molar-refractivity contribution in [3.8, 4) is 0 Å². The highest BCUT2D eigenvalue weighted by atomic mass is 19.1. The molecule has 4 nitrogen and oxygen atoms in total. The van der Waals surface area contributed by atoms with E-state index in [1.54, 1.807) is 24.3 Å². The molecule has 0 radical (unpaired) electrons. The molecule has 23 heavy (non-hydrogen) atoms. The fourth-order valence-electron chi connectivity index (χ4n) is 2.06. The molecule has 0 aromatic heterocycles. The SMILES string of the molecule is CC(=O)Nc1ccc(C(=O)NCCc2cc(F)ccc2F)cc1. The van der Waals surface area contributed by atoms with Gasteiger partial charge in [0.05, 0.1) is 0 Å². The van der Waals surface area contributed by atoms with Crippen molar-refractivity contribution in [3.05, 3.63) is 65.2 Å². The second-order valence-electron chi connectivity index (χ2n) is 5.00. The van der Waals surface area contributed by atoms with Gasteiger partial charge in [0, 0.05) is 24.7 Å². The van der Waals surface area contributed by atoms with Gasteiger partial charge >= 0.3 is 0 Å². The number of rotatable bonds is 5. The Bertz CT molecular complexity index is 715. The van der Waals surface area contributed by atoms with Crippen LogP contribution >= 0.6 is 0 Å². The molecule has 120 valence electrons. The monoisotopic (exact) mass is 318 g/mol. The number of amides is 2. The van der Waals surface area contributed by atoms with Crippen LogP contribution in [0.15, 0.2) is 42.5 Å². The second kappa shape index (κ2) is 7.49. The number of hydrogen-bond donors (Lipinski definition) is 2. The van der Waals surface area contributed by atoms with E-state index in [-0.39, 0.29) is 30.3 Å². The first kappa shape index (κ1) is 16.6. The maximum Gasteiger partial charge on any atom is 0.251 e. The number of nitrogens with one attached hydrogen (secondary N) is 2. The molecule has 2 rings (SSSR count). The molecule has 0 aliphatic carbocycles. The third-order valence-corrected chi connectivity index (χ3v) is 3.16. The van der Waals surface area contributed by atoms with Crippen LogP contribution in [0, 0.1) is 11.6 Å². The smallest absolute Gasteiger partial charge is 0.251 e. The zero-order valence-electron chi connectivity index (χ0n) is 12.5. The highest BCUT2D eigenvalue weighted by Crippen LogP contribution is 2.11. The van der Waals surface area contributed by atoms with Gasteiger partial charge in [-0.15, -0.1) is 0 Å². The Hall–Kier alpha value is -2.76. The van der Waals surface area contributed by atoms with Gasteiger partial charge in [-0.05, 0) is 54.4 Å². The van der Waals surface area contributed by atoms with Crippen LogP contribution in [0.2, 0.25) is 0 Å². The first-order valence-corrected chi connectivity index (χ1v) is 7.05. The molecule has 0 aliphatic heterocycles. The first-order valence-electron chi connectivity index (χ1n) is 7.05. The van der Waals surface area contributed by atoms with E-state index < -0.39 is 11.6 Å². The lowest BCUT2D eigenvalue weighted by Crippen LogP contribution is -2.25. The van der Waals surface area contributed by atoms with Gasteiger partial charge in [0.15, 0.2) is 0 Å². The molecule has 0 saturated heterocycles. The normalized spacial score (nSPS) is 10.2. The summed E-state index contributed by atoms with van der Waals surface area (Å²) in [5.41, 5.74) is 1.22. The number of benzene rings is 2. The number of hydrogen-bond acceptors (Lipinski definition) is 2. The summed E-state index contributed by atoms with van der Waals surface area (Å²) in [6.45, 7) is 1.58. The van der Waals surface area contributed by atoms with Crippen LogP contribution < -0.4 is 10.6 Å². The summed E-state index contributed by atoms with van der Waals surface area (Å²) in [6.07, 6.45) is 0.194. The minimum absolute atomic E-state index is 0.187. The molecule has 0 atom stereocenters. The molecular formula is C17H16F2N2O2. The quantitative estimate of drug-likeness (QED) is 0.890. The topological polar surface area (TPSA) is 58.2 Å². The molecule has 2 N–H and O–H groups in total. The zero-order chi connectivity index (χ0) is 16.8. The van der Waals surface area contributed by atoms with E-state index in [2.05, 4.69) is 10.6 Å². The van der Waals surface area contributed by atoms with Crippen LogP contribution in [0.4, 0.5) is 14.5 Å². The highest BCUT2D eigenvalue weighted by Gasteiger charge is 2.07. The Labute approximate surface area is 132 Å². The maximum atomic E-state index is 13.5. The largest absolute Gasteiger partial charge is 0.352 e. The van der Waals surface area contributed by atoms with Crippen LogP contribution in [-0.4, -0.2) is 18.4 Å². The van der Waals surface area contributed by atoms with Gasteiger partial charge in [0.2, 0.25) is 5.91 Å². The molecule has 2 aromatic rings. The van der Waals surface area contributed by atoms with Gasteiger partial charge in [-0.2, -0.15) is 0 Å². The summed E-state index contributed by atoms with van der Waals surface area (Å²) in [4.78, 5) is 22.9. The molecule has 0 spiro atoms. The molecule has 0 saturated carbocycles. The lowest BCUT2D eigenvalue weighted by molar-refractivity contribution is -0.114. The van der Waals surface area contributed by atoms with Crippen molar-refractivity contribution >= 4 is 17.5 Å². The first-order chi connectivity index (χ1) is 11.0. The molecule has 6 heteroatoms. The van der Waals surface area contributed by atoms with Crippen molar-refractivity contribution in [2.45, 2.75) is 13.3 Å². The second-order valence-corrected chi connectivity index (χ2v) is 5.00. The van der Waals surface area contributed by atoms with Gasteiger partial charge in [-0.25, -0.2) is 8.78 Å². The summed E-state index contributed by atoms with van der Waals surface area (Å²) in [5, 5.41) is 5.24. The van der Waals surface area contributed by atoms with Crippen molar-refractivity contribution in [1.29, 1.82) is 0 Å². The van der Waals surface area contributed by atoms with Gasteiger partial charge < -0.3 is 10.6 Å². The summed E-state index contributed by atoms with van der Waals surface area (Å²) < 4.78 is 26.5. The van der Waals surface area contributed by atoms with E-state index in [4.69, 9.17) is 0 Å². The highest BCUT2D eigenvalue weighted by molar-refractivity contribution is 5.95. The zero-order valence-corrected chi connectivity index (χ0v) is 12.5. The van der Waals surface area contributed by atoms with E-state index in [0.29, 0.717) is 11.3 Å². The Morgan fingerprint density at radius 3 is 2.39 bits per heavy atom. The Morgan fingerprint density at radius 2 is 1.74 bits per heavy atom. The Morgan fingerprint density at radius 1 is 1.04 bits per heavy atom. The van der Waals surface area contributed by atoms with Crippen molar-refractivity contribution in [3.63, 3.8) is 0 Å². The molecule has 2 aromatic carbocycles. The standard InChI is InChI=1S/C17H16F2N2O2/c1-11(22)21-15-5-2-12(3-6-15)17(23)20-9-8-13-10-14(18)4-7-16(13)19/h2-7,10H,8-9H2,1H3,(H,20,23)(H,21,22). The van der Waals surface area contributed by atoms with Crippen LogP contribution in [0.5, 0.6) is 0 Å². The number of carbonyl (C=O) groups excluding carboxylic acids is 2. The fourth-order valence-corrected chi connectivity index (χ4v) is 2.06. The van der Waals surface area contributed by atoms with Gasteiger partial charge in [0.1, 0.15) is 11.6 Å². The summed E-state index contributed by atoms with van der Waals surface area (Å²) in [7, 11) is 0. The van der Waals surface area contributed by atoms with Gasteiger partial charge in [-0.1, -0.05) is 0 Å². The lowest BCUT2D eigenvalue weighted by Gasteiger charge is -2.07. The van der Waals surface area contributed by atoms with E-state index in [9.17, 15) is 18.4 Å². The molecule has 0 unspecified atom stereocenters. The van der Waals surface area contributed by atoms with Crippen LogP contribution in [0.1, 0.15) is 22.8 Å². The number of halogens is 2. The van der Waals surface area contributed by atoms with Crippen molar-refractivity contribution in [1.82, 2.24) is 5.32 Å². The van der Waals surface area contributed by atoms with Crippen LogP contribution in [-0.2, 0) is 11.2 Å². The minimum Gasteiger partial charge on any atom is -0.352 e. The van der Waals surface area contributed by atoms with E-state index in [1.165, 1.54) is 6.92 Å². The van der Waals surface area contributed by atoms with E-state index in [0.717, 1.165) is 18.2 Å². The molecule has 0 heterocycles. The molecule has 2 amide bonds. The van der Waals surface area contributed by atoms with Gasteiger partial charge in [-0.3, -0.25) is 9.59 Å². The Kier molecular flexibility index (Phi) is 5.41. The third-order valence-electron chi connectivity index (χ3n) is 3.16. The average Bonchev–Trinajstić information content (AvgIpc) is 2.50. The summed E-state index contributed by atoms with van der Waals surface area (Å²) >= 11 is 0. The molecule has 0 bridgehead atoms. The molecular weight excluding hydrogens is 302 g/mol. The Balaban J connectivity index is 1.89. The van der Waals surface area contributed by atoms with Crippen LogP contribution in [0.3, 0.4) is 0 Å². The minimum atomic E-state index is -0.513. The van der Waals surface area contributed by atoms with Crippen molar-refractivity contribution in [2.75, 3.05) is 11.9 Å². The van der Waals surface area contributed by atoms with Crippen LogP contribution in [0.25, 0.3) is 0 Å². The summed E-state index contributed by atoms with van der Waals surface area (Å²) in [5.74, 6) is -1.53. The maximum absolute atomic E-state index is 13.5. The molecule has 0 fully saturated rings. The lowest BCUT2D eigenvalue weighted by atomic mass is 10.1. The van der Waals surface area contributed by atoms with E-state index >= 15 is 0 Å². The van der Waals surface area contributed by atoms with E-state index in [1.807, 2.05) is 0 Å². The average molecular weight is 318 g/mol. The van der Waals surface area contributed by atoms with Crippen molar-refractivity contribution < 1.29 is 18.4 Å². The van der Waals surface area contributed by atoms with Crippen molar-refractivity contribution in [2.24, 2.45) is 0 Å². The predicted molar refractivity (Wildman–Crippen MR) is 83.1 cm³/mol. The predicted octanol–water partition coefficient (Wildman–Crippen LogP) is 2.90. The fraction of sp³-hybridized carbons (Fsp3) is 0.176.